The Morgan fingerprint density at radius 2 is 1.88 bits per heavy atom. The number of anilines is 2. The van der Waals surface area contributed by atoms with Crippen molar-refractivity contribution in [1.82, 2.24) is 4.98 Å². The molecular weight excluding hydrogens is 214 g/mol. The molecule has 1 heterocycles. The van der Waals surface area contributed by atoms with E-state index in [1.165, 1.54) is 0 Å². The summed E-state index contributed by atoms with van der Waals surface area (Å²) in [5.74, 6) is 1.73. The Morgan fingerprint density at radius 1 is 1.24 bits per heavy atom. The van der Waals surface area contributed by atoms with E-state index in [0.29, 0.717) is 6.54 Å². The third-order valence-electron chi connectivity index (χ3n) is 2.48. The van der Waals surface area contributed by atoms with Gasteiger partial charge in [-0.1, -0.05) is 26.8 Å². The minimum absolute atomic E-state index is 0.130. The lowest BCUT2D eigenvalue weighted by molar-refractivity contribution is 0.170. The number of hydrogen-bond acceptors (Lipinski definition) is 4. The summed E-state index contributed by atoms with van der Waals surface area (Å²) in [6, 6.07) is 5.86. The van der Waals surface area contributed by atoms with Crippen molar-refractivity contribution in [2.24, 2.45) is 5.41 Å². The monoisotopic (exact) mass is 237 g/mol. The smallest absolute Gasteiger partial charge is 0.128 e. The molecule has 0 amide bonds. The molecule has 0 saturated carbocycles. The van der Waals surface area contributed by atoms with Crippen molar-refractivity contribution in [3.05, 3.63) is 18.2 Å². The summed E-state index contributed by atoms with van der Waals surface area (Å²) in [7, 11) is 0. The summed E-state index contributed by atoms with van der Waals surface area (Å²) >= 11 is 0. The van der Waals surface area contributed by atoms with Gasteiger partial charge in [-0.05, 0) is 18.6 Å². The average molecular weight is 237 g/mol. The molecule has 4 heteroatoms. The molecule has 0 aliphatic rings. The quantitative estimate of drug-likeness (QED) is 0.681. The van der Waals surface area contributed by atoms with E-state index in [1.54, 1.807) is 0 Å². The van der Waals surface area contributed by atoms with Crippen molar-refractivity contribution in [2.75, 3.05) is 30.3 Å². The zero-order chi connectivity index (χ0) is 12.7. The van der Waals surface area contributed by atoms with E-state index in [-0.39, 0.29) is 12.0 Å². The fourth-order valence-electron chi connectivity index (χ4n) is 1.27. The van der Waals surface area contributed by atoms with Crippen LogP contribution in [0.15, 0.2) is 18.2 Å². The van der Waals surface area contributed by atoms with Crippen molar-refractivity contribution in [1.29, 1.82) is 0 Å². The van der Waals surface area contributed by atoms with Crippen molar-refractivity contribution in [3.8, 4) is 0 Å². The Balaban J connectivity index is 2.53. The van der Waals surface area contributed by atoms with E-state index < -0.39 is 0 Å². The second kappa shape index (κ2) is 6.45. The van der Waals surface area contributed by atoms with Crippen molar-refractivity contribution in [3.63, 3.8) is 0 Å². The molecule has 1 rings (SSSR count). The van der Waals surface area contributed by atoms with E-state index in [0.717, 1.165) is 24.6 Å². The number of aliphatic hydroxyl groups is 1. The van der Waals surface area contributed by atoms with E-state index in [4.69, 9.17) is 0 Å². The van der Waals surface area contributed by atoms with Gasteiger partial charge in [0, 0.05) is 25.1 Å². The third-order valence-corrected chi connectivity index (χ3v) is 2.48. The lowest BCUT2D eigenvalue weighted by atomic mass is 9.95. The van der Waals surface area contributed by atoms with E-state index in [9.17, 15) is 5.11 Å². The normalized spacial score (nSPS) is 11.3. The number of rotatable bonds is 7. The molecule has 0 aliphatic heterocycles. The molecule has 0 saturated heterocycles. The zero-order valence-electron chi connectivity index (χ0n) is 11.0. The van der Waals surface area contributed by atoms with Gasteiger partial charge in [0.25, 0.3) is 0 Å². The van der Waals surface area contributed by atoms with E-state index in [2.05, 4.69) is 22.5 Å². The highest BCUT2D eigenvalue weighted by atomic mass is 16.3. The molecule has 0 atom stereocenters. The van der Waals surface area contributed by atoms with Gasteiger partial charge in [-0.25, -0.2) is 4.98 Å². The molecule has 17 heavy (non-hydrogen) atoms. The second-order valence-electron chi connectivity index (χ2n) is 5.01. The van der Waals surface area contributed by atoms with Gasteiger partial charge in [-0.3, -0.25) is 0 Å². The number of hydrogen-bond donors (Lipinski definition) is 3. The van der Waals surface area contributed by atoms with Crippen LogP contribution in [0.2, 0.25) is 0 Å². The fraction of sp³-hybridized carbons (Fsp3) is 0.615. The second-order valence-corrected chi connectivity index (χ2v) is 5.01. The van der Waals surface area contributed by atoms with Crippen LogP contribution >= 0.6 is 0 Å². The highest BCUT2D eigenvalue weighted by molar-refractivity contribution is 5.45. The molecule has 3 N–H and O–H groups in total. The highest BCUT2D eigenvalue weighted by Crippen LogP contribution is 2.15. The van der Waals surface area contributed by atoms with Crippen LogP contribution in [-0.2, 0) is 0 Å². The van der Waals surface area contributed by atoms with Gasteiger partial charge in [0.05, 0.1) is 0 Å². The summed E-state index contributed by atoms with van der Waals surface area (Å²) in [4.78, 5) is 4.44. The summed E-state index contributed by atoms with van der Waals surface area (Å²) < 4.78 is 0. The Hall–Kier alpha value is -1.29. The summed E-state index contributed by atoms with van der Waals surface area (Å²) in [5.41, 5.74) is -0.130. The Morgan fingerprint density at radius 3 is 2.47 bits per heavy atom. The molecule has 1 aromatic heterocycles. The third kappa shape index (κ3) is 5.04. The minimum Gasteiger partial charge on any atom is -0.396 e. The molecule has 0 spiro atoms. The summed E-state index contributed by atoms with van der Waals surface area (Å²) in [5, 5.41) is 15.7. The standard InChI is InChI=1S/C13H23N3O/c1-4-8-14-11-6-5-7-12(16-11)15-9-13(2,3)10-17/h5-7,17H,4,8-10H2,1-3H3,(H2,14,15,16). The summed E-state index contributed by atoms with van der Waals surface area (Å²) in [6.07, 6.45) is 1.08. The first kappa shape index (κ1) is 13.8. The molecule has 0 radical (unpaired) electrons. The summed E-state index contributed by atoms with van der Waals surface area (Å²) in [6.45, 7) is 7.94. The fourth-order valence-corrected chi connectivity index (χ4v) is 1.27. The van der Waals surface area contributed by atoms with Gasteiger partial charge >= 0.3 is 0 Å². The van der Waals surface area contributed by atoms with Crippen molar-refractivity contribution < 1.29 is 5.11 Å². The van der Waals surface area contributed by atoms with Crippen molar-refractivity contribution in [2.45, 2.75) is 27.2 Å². The molecule has 96 valence electrons. The largest absolute Gasteiger partial charge is 0.396 e. The number of aromatic nitrogens is 1. The first-order valence-electron chi connectivity index (χ1n) is 6.13. The van der Waals surface area contributed by atoms with Crippen LogP contribution in [0.4, 0.5) is 11.6 Å². The average Bonchev–Trinajstić information content (AvgIpc) is 2.35. The van der Waals surface area contributed by atoms with Crippen LogP contribution in [0.1, 0.15) is 27.2 Å². The number of nitrogens with one attached hydrogen (secondary N) is 2. The molecule has 4 nitrogen and oxygen atoms in total. The van der Waals surface area contributed by atoms with Crippen LogP contribution in [0.5, 0.6) is 0 Å². The van der Waals surface area contributed by atoms with Crippen LogP contribution in [0, 0.1) is 5.41 Å². The van der Waals surface area contributed by atoms with Crippen molar-refractivity contribution >= 4 is 11.6 Å². The topological polar surface area (TPSA) is 57.2 Å². The highest BCUT2D eigenvalue weighted by Gasteiger charge is 2.15. The van der Waals surface area contributed by atoms with Gasteiger partial charge in [0.15, 0.2) is 0 Å². The Kier molecular flexibility index (Phi) is 5.22. The molecule has 0 fully saturated rings. The van der Waals surface area contributed by atoms with Gasteiger partial charge in [0.2, 0.25) is 0 Å². The van der Waals surface area contributed by atoms with Gasteiger partial charge in [-0.2, -0.15) is 0 Å². The maximum Gasteiger partial charge on any atom is 0.128 e. The molecule has 0 aliphatic carbocycles. The van der Waals surface area contributed by atoms with Gasteiger partial charge in [0.1, 0.15) is 11.6 Å². The number of aliphatic hydroxyl groups excluding tert-OH is 1. The molecule has 0 unspecified atom stereocenters. The van der Waals surface area contributed by atoms with E-state index >= 15 is 0 Å². The first-order valence-corrected chi connectivity index (χ1v) is 6.13. The maximum absolute atomic E-state index is 9.17. The zero-order valence-corrected chi connectivity index (χ0v) is 11.0. The minimum atomic E-state index is -0.130. The SMILES string of the molecule is CCCNc1cccc(NCC(C)(C)CO)n1. The maximum atomic E-state index is 9.17. The lowest BCUT2D eigenvalue weighted by Crippen LogP contribution is -2.27. The Bertz CT molecular complexity index is 339. The van der Waals surface area contributed by atoms with Crippen LogP contribution in [0.3, 0.4) is 0 Å². The molecule has 0 bridgehead atoms. The number of nitrogens with zero attached hydrogens (tertiary/aromatic N) is 1. The van der Waals surface area contributed by atoms with Gasteiger partial charge in [-0.15, -0.1) is 0 Å². The van der Waals surface area contributed by atoms with Crippen LogP contribution in [0.25, 0.3) is 0 Å². The predicted octanol–water partition coefficient (Wildman–Crippen LogP) is 2.33. The van der Waals surface area contributed by atoms with Gasteiger partial charge < -0.3 is 15.7 Å². The Labute approximate surface area is 103 Å². The van der Waals surface area contributed by atoms with Crippen LogP contribution in [-0.4, -0.2) is 29.8 Å². The molecule has 1 aromatic rings. The predicted molar refractivity (Wildman–Crippen MR) is 72.4 cm³/mol. The molecular formula is C13H23N3O. The lowest BCUT2D eigenvalue weighted by Gasteiger charge is -2.22. The number of pyridine rings is 1. The first-order chi connectivity index (χ1) is 8.07. The molecule has 0 aromatic carbocycles. The van der Waals surface area contributed by atoms with E-state index in [1.807, 2.05) is 32.0 Å². The van der Waals surface area contributed by atoms with Crippen LogP contribution < -0.4 is 10.6 Å².